The molecule has 0 aromatic heterocycles. The predicted octanol–water partition coefficient (Wildman–Crippen LogP) is 2.17. The van der Waals surface area contributed by atoms with E-state index in [0.717, 1.165) is 12.1 Å². The van der Waals surface area contributed by atoms with Gasteiger partial charge in [0.15, 0.2) is 0 Å². The van der Waals surface area contributed by atoms with Crippen LogP contribution in [0, 0.1) is 0 Å². The smallest absolute Gasteiger partial charge is 0.0632 e. The summed E-state index contributed by atoms with van der Waals surface area (Å²) < 4.78 is 0. The molecule has 3 heteroatoms. The van der Waals surface area contributed by atoms with Crippen molar-refractivity contribution in [1.82, 2.24) is 5.32 Å². The molecule has 96 valence electrons. The fourth-order valence-electron chi connectivity index (χ4n) is 1.93. The first-order chi connectivity index (χ1) is 8.13. The quantitative estimate of drug-likeness (QED) is 0.794. The zero-order chi connectivity index (χ0) is 12.8. The minimum absolute atomic E-state index is 0.145. The van der Waals surface area contributed by atoms with Gasteiger partial charge in [0, 0.05) is 24.8 Å². The number of hydrogen-bond acceptors (Lipinski definition) is 3. The summed E-state index contributed by atoms with van der Waals surface area (Å²) in [7, 11) is 3.99. The van der Waals surface area contributed by atoms with Gasteiger partial charge in [0.25, 0.3) is 0 Å². The molecule has 0 radical (unpaired) electrons. The first-order valence-electron chi connectivity index (χ1n) is 6.24. The summed E-state index contributed by atoms with van der Waals surface area (Å²) in [5.41, 5.74) is 2.45. The number of nitrogens with one attached hydrogen (secondary N) is 1. The summed E-state index contributed by atoms with van der Waals surface area (Å²) in [5.74, 6) is 0. The Bertz CT molecular complexity index is 319. The van der Waals surface area contributed by atoms with Gasteiger partial charge < -0.3 is 15.3 Å². The molecule has 0 aliphatic rings. The van der Waals surface area contributed by atoms with Gasteiger partial charge in [-0.25, -0.2) is 0 Å². The molecule has 1 aromatic carbocycles. The zero-order valence-electron chi connectivity index (χ0n) is 11.3. The molecule has 0 saturated heterocycles. The Morgan fingerprint density at radius 3 is 2.29 bits per heavy atom. The average molecular weight is 236 g/mol. The SMILES string of the molecule is CCC(NC)c1ccc(N(C)C(C)CO)cc1. The van der Waals surface area contributed by atoms with E-state index in [0.29, 0.717) is 6.04 Å². The summed E-state index contributed by atoms with van der Waals surface area (Å²) in [4.78, 5) is 2.09. The van der Waals surface area contributed by atoms with Crippen LogP contribution in [-0.2, 0) is 0 Å². The lowest BCUT2D eigenvalue weighted by Crippen LogP contribution is -2.31. The molecule has 0 bridgehead atoms. The van der Waals surface area contributed by atoms with Gasteiger partial charge in [0.1, 0.15) is 0 Å². The fourth-order valence-corrected chi connectivity index (χ4v) is 1.93. The van der Waals surface area contributed by atoms with Crippen LogP contribution in [-0.4, -0.2) is 31.9 Å². The summed E-state index contributed by atoms with van der Waals surface area (Å²) in [5, 5.41) is 12.4. The third-order valence-corrected chi connectivity index (χ3v) is 3.38. The Balaban J connectivity index is 2.80. The number of benzene rings is 1. The first-order valence-corrected chi connectivity index (χ1v) is 6.24. The molecule has 0 aliphatic carbocycles. The van der Waals surface area contributed by atoms with Crippen molar-refractivity contribution in [1.29, 1.82) is 0 Å². The molecule has 0 fully saturated rings. The number of nitrogens with zero attached hydrogens (tertiary/aromatic N) is 1. The Kier molecular flexibility index (Phi) is 5.45. The van der Waals surface area contributed by atoms with Crippen LogP contribution in [0.4, 0.5) is 5.69 Å². The number of aliphatic hydroxyl groups is 1. The van der Waals surface area contributed by atoms with Gasteiger partial charge in [-0.2, -0.15) is 0 Å². The standard InChI is InChI=1S/C14H24N2O/c1-5-14(15-3)12-6-8-13(9-7-12)16(4)11(2)10-17/h6-9,11,14-15,17H,5,10H2,1-4H3. The Hall–Kier alpha value is -1.06. The van der Waals surface area contributed by atoms with Gasteiger partial charge in [-0.15, -0.1) is 0 Å². The lowest BCUT2D eigenvalue weighted by molar-refractivity contribution is 0.270. The maximum Gasteiger partial charge on any atom is 0.0632 e. The van der Waals surface area contributed by atoms with Crippen LogP contribution in [0.2, 0.25) is 0 Å². The van der Waals surface area contributed by atoms with Gasteiger partial charge in [0.05, 0.1) is 6.61 Å². The van der Waals surface area contributed by atoms with E-state index >= 15 is 0 Å². The van der Waals surface area contributed by atoms with Gasteiger partial charge in [0.2, 0.25) is 0 Å². The topological polar surface area (TPSA) is 35.5 Å². The molecule has 2 atom stereocenters. The van der Waals surface area contributed by atoms with Gasteiger partial charge in [-0.1, -0.05) is 19.1 Å². The maximum absolute atomic E-state index is 9.13. The van der Waals surface area contributed by atoms with Crippen LogP contribution in [0.1, 0.15) is 31.9 Å². The van der Waals surface area contributed by atoms with E-state index in [1.807, 2.05) is 21.0 Å². The van der Waals surface area contributed by atoms with Gasteiger partial charge in [-0.3, -0.25) is 0 Å². The highest BCUT2D eigenvalue weighted by Gasteiger charge is 2.10. The molecule has 3 nitrogen and oxygen atoms in total. The molecule has 1 rings (SSSR count). The number of aliphatic hydroxyl groups excluding tert-OH is 1. The molecule has 0 amide bonds. The Morgan fingerprint density at radius 1 is 1.29 bits per heavy atom. The van der Waals surface area contributed by atoms with Crippen molar-refractivity contribution < 1.29 is 5.11 Å². The second kappa shape index (κ2) is 6.62. The molecular weight excluding hydrogens is 212 g/mol. The minimum atomic E-state index is 0.145. The van der Waals surface area contributed by atoms with Crippen molar-refractivity contribution in [2.45, 2.75) is 32.4 Å². The Labute approximate surface area is 104 Å². The molecule has 0 spiro atoms. The average Bonchev–Trinajstić information content (AvgIpc) is 2.39. The highest BCUT2D eigenvalue weighted by molar-refractivity contribution is 5.48. The molecular formula is C14H24N2O. The van der Waals surface area contributed by atoms with Crippen molar-refractivity contribution in [3.63, 3.8) is 0 Å². The van der Waals surface area contributed by atoms with Crippen molar-refractivity contribution >= 4 is 5.69 Å². The number of rotatable bonds is 6. The third kappa shape index (κ3) is 3.45. The minimum Gasteiger partial charge on any atom is -0.394 e. The van der Waals surface area contributed by atoms with Crippen LogP contribution >= 0.6 is 0 Å². The van der Waals surface area contributed by atoms with E-state index < -0.39 is 0 Å². The number of hydrogen-bond donors (Lipinski definition) is 2. The van der Waals surface area contributed by atoms with Crippen molar-refractivity contribution in [3.8, 4) is 0 Å². The van der Waals surface area contributed by atoms with E-state index in [1.165, 1.54) is 5.56 Å². The highest BCUT2D eigenvalue weighted by Crippen LogP contribution is 2.21. The first kappa shape index (κ1) is 14.0. The number of anilines is 1. The number of likely N-dealkylation sites (N-methyl/N-ethyl adjacent to an activating group) is 1. The predicted molar refractivity (Wildman–Crippen MR) is 73.5 cm³/mol. The second-order valence-electron chi connectivity index (χ2n) is 4.48. The molecule has 0 aliphatic heterocycles. The molecule has 0 saturated carbocycles. The van der Waals surface area contributed by atoms with E-state index in [-0.39, 0.29) is 12.6 Å². The zero-order valence-corrected chi connectivity index (χ0v) is 11.3. The van der Waals surface area contributed by atoms with E-state index in [1.54, 1.807) is 0 Å². The highest BCUT2D eigenvalue weighted by atomic mass is 16.3. The molecule has 0 heterocycles. The van der Waals surface area contributed by atoms with E-state index in [9.17, 15) is 0 Å². The molecule has 17 heavy (non-hydrogen) atoms. The maximum atomic E-state index is 9.13. The van der Waals surface area contributed by atoms with E-state index in [4.69, 9.17) is 5.11 Å². The van der Waals surface area contributed by atoms with Gasteiger partial charge in [-0.05, 0) is 38.1 Å². The lowest BCUT2D eigenvalue weighted by Gasteiger charge is -2.26. The normalized spacial score (nSPS) is 14.4. The lowest BCUT2D eigenvalue weighted by atomic mass is 10.0. The molecule has 2 N–H and O–H groups in total. The van der Waals surface area contributed by atoms with Crippen LogP contribution < -0.4 is 10.2 Å². The third-order valence-electron chi connectivity index (χ3n) is 3.38. The monoisotopic (exact) mass is 236 g/mol. The van der Waals surface area contributed by atoms with Gasteiger partial charge >= 0.3 is 0 Å². The van der Waals surface area contributed by atoms with Crippen LogP contribution in [0.15, 0.2) is 24.3 Å². The Morgan fingerprint density at radius 2 is 1.88 bits per heavy atom. The molecule has 1 aromatic rings. The summed E-state index contributed by atoms with van der Waals surface area (Å²) in [6.45, 7) is 4.36. The molecule has 2 unspecified atom stereocenters. The summed E-state index contributed by atoms with van der Waals surface area (Å²) in [6, 6.07) is 9.10. The second-order valence-corrected chi connectivity index (χ2v) is 4.48. The largest absolute Gasteiger partial charge is 0.394 e. The van der Waals surface area contributed by atoms with Crippen molar-refractivity contribution in [3.05, 3.63) is 29.8 Å². The summed E-state index contributed by atoms with van der Waals surface area (Å²) >= 11 is 0. The van der Waals surface area contributed by atoms with Crippen molar-refractivity contribution in [2.24, 2.45) is 0 Å². The van der Waals surface area contributed by atoms with Crippen LogP contribution in [0.5, 0.6) is 0 Å². The van der Waals surface area contributed by atoms with Crippen LogP contribution in [0.25, 0.3) is 0 Å². The van der Waals surface area contributed by atoms with E-state index in [2.05, 4.69) is 41.4 Å². The fraction of sp³-hybridized carbons (Fsp3) is 0.571. The van der Waals surface area contributed by atoms with Crippen molar-refractivity contribution in [2.75, 3.05) is 25.6 Å². The summed E-state index contributed by atoms with van der Waals surface area (Å²) in [6.07, 6.45) is 1.08. The van der Waals surface area contributed by atoms with Crippen LogP contribution in [0.3, 0.4) is 0 Å².